The first-order valence-electron chi connectivity index (χ1n) is 13.1. The fourth-order valence-electron chi connectivity index (χ4n) is 4.99. The number of hydrogen-bond donors (Lipinski definition) is 0. The molecule has 5 nitrogen and oxygen atoms in total. The number of para-hydroxylation sites is 1. The van der Waals surface area contributed by atoms with Crippen LogP contribution in [0.3, 0.4) is 0 Å². The molecule has 0 saturated carbocycles. The number of esters is 1. The molecule has 0 aromatic heterocycles. The molecule has 8 heteroatoms. The Balaban J connectivity index is 0.000000448. The van der Waals surface area contributed by atoms with E-state index in [0.29, 0.717) is 11.5 Å². The number of rotatable bonds is 7. The second-order valence-electron chi connectivity index (χ2n) is 10.2. The number of ether oxygens (including phenoxy) is 2. The highest BCUT2D eigenvalue weighted by Gasteiger charge is 2.58. The molecule has 0 fully saturated rings. The Hall–Kier alpha value is -2.55. The minimum Gasteiger partial charge on any atom is -0.459 e. The van der Waals surface area contributed by atoms with Crippen molar-refractivity contribution in [2.45, 2.75) is 56.9 Å². The van der Waals surface area contributed by atoms with E-state index < -0.39 is 5.72 Å². The Labute approximate surface area is 245 Å². The number of unbranched alkanes of at least 4 members (excludes halogenated alkanes) is 1. The van der Waals surface area contributed by atoms with Crippen LogP contribution < -0.4 is 14.4 Å². The molecule has 0 aliphatic carbocycles. The average Bonchev–Trinajstić information content (AvgIpc) is 3.11. The summed E-state index contributed by atoms with van der Waals surface area (Å²) >= 11 is 7.79. The van der Waals surface area contributed by atoms with Crippen LogP contribution in [0.25, 0.3) is 10.8 Å². The van der Waals surface area contributed by atoms with Crippen molar-refractivity contribution in [2.75, 3.05) is 24.0 Å². The van der Waals surface area contributed by atoms with E-state index in [1.54, 1.807) is 16.5 Å². The van der Waals surface area contributed by atoms with Gasteiger partial charge in [-0.15, -0.1) is 11.8 Å². The monoisotopic (exact) mass is 580 g/mol. The number of fused-ring (bicyclic) bond motifs is 4. The van der Waals surface area contributed by atoms with E-state index in [2.05, 4.69) is 63.1 Å². The van der Waals surface area contributed by atoms with Crippen molar-refractivity contribution in [1.82, 2.24) is 0 Å². The number of carbonyl (C=O) groups is 1. The summed E-state index contributed by atoms with van der Waals surface area (Å²) in [7, 11) is 2.05. The van der Waals surface area contributed by atoms with Crippen molar-refractivity contribution in [1.29, 1.82) is 0 Å². The molecular weight excluding hydrogens is 545 g/mol. The summed E-state index contributed by atoms with van der Waals surface area (Å²) in [5.74, 6) is 2.17. The molecule has 0 bridgehead atoms. The quantitative estimate of drug-likeness (QED) is 0.121. The highest BCUT2D eigenvalue weighted by molar-refractivity contribution is 8.20. The van der Waals surface area contributed by atoms with Gasteiger partial charge in [0.05, 0.1) is 16.9 Å². The van der Waals surface area contributed by atoms with Crippen molar-refractivity contribution >= 4 is 74.8 Å². The fourth-order valence-corrected chi connectivity index (χ4v) is 6.07. The van der Waals surface area contributed by atoms with Crippen LogP contribution in [-0.4, -0.2) is 46.9 Å². The number of likely N-dealkylation sites (N-methyl/N-ethyl adjacent to an activating group) is 1. The van der Waals surface area contributed by atoms with Gasteiger partial charge in [0.15, 0.2) is 0 Å². The minimum atomic E-state index is -0.727. The number of thioether (sulfide) groups is 2. The standard InChI is InChI=1S/C26H26N2O3S.C5H10S2/c1-16(32-5)24(29)30-18-12-10-17-11-13-22-23(19(17)14-18)27-15-26(31-22)25(2,3)20-8-6-7-9-21(20)28(26)4;1-2-3-4-7-5-6/h6-16H,1-5H3;5H,2-4H2,1H3. The normalized spacial score (nSPS) is 19.0. The zero-order valence-electron chi connectivity index (χ0n) is 23.4. The summed E-state index contributed by atoms with van der Waals surface area (Å²) in [4.78, 5) is 19.3. The Kier molecular flexibility index (Phi) is 9.29. The van der Waals surface area contributed by atoms with Crippen molar-refractivity contribution in [2.24, 2.45) is 4.99 Å². The minimum absolute atomic E-state index is 0.224. The smallest absolute Gasteiger partial charge is 0.324 e. The number of benzene rings is 3. The lowest BCUT2D eigenvalue weighted by atomic mass is 9.77. The Morgan fingerprint density at radius 3 is 2.64 bits per heavy atom. The highest BCUT2D eigenvalue weighted by Crippen LogP contribution is 2.54. The first kappa shape index (κ1) is 29.4. The second kappa shape index (κ2) is 12.3. The van der Waals surface area contributed by atoms with Crippen LogP contribution in [0.5, 0.6) is 11.5 Å². The summed E-state index contributed by atoms with van der Waals surface area (Å²) in [6.45, 7) is 8.41. The maximum atomic E-state index is 12.3. The average molecular weight is 581 g/mol. The van der Waals surface area contributed by atoms with Gasteiger partial charge < -0.3 is 14.4 Å². The number of aliphatic imine (C=N–C) groups is 1. The largest absolute Gasteiger partial charge is 0.459 e. The number of thiocarbonyl (C=S) groups is 1. The van der Waals surface area contributed by atoms with Crippen LogP contribution in [0.1, 0.15) is 46.1 Å². The van der Waals surface area contributed by atoms with E-state index >= 15 is 0 Å². The lowest BCUT2D eigenvalue weighted by molar-refractivity contribution is -0.133. The molecule has 2 unspecified atom stereocenters. The van der Waals surface area contributed by atoms with Gasteiger partial charge in [0.1, 0.15) is 17.2 Å². The van der Waals surface area contributed by atoms with Crippen LogP contribution in [0.4, 0.5) is 11.4 Å². The van der Waals surface area contributed by atoms with E-state index in [9.17, 15) is 4.79 Å². The van der Waals surface area contributed by atoms with Gasteiger partial charge in [-0.3, -0.25) is 9.79 Å². The van der Waals surface area contributed by atoms with Gasteiger partial charge in [0.2, 0.25) is 5.72 Å². The van der Waals surface area contributed by atoms with Gasteiger partial charge in [0, 0.05) is 22.8 Å². The molecule has 1 spiro atoms. The molecule has 2 aliphatic heterocycles. The Bertz CT molecular complexity index is 1390. The molecule has 3 aromatic carbocycles. The van der Waals surface area contributed by atoms with Crippen LogP contribution in [0.15, 0.2) is 59.6 Å². The van der Waals surface area contributed by atoms with E-state index in [4.69, 9.17) is 14.5 Å². The third-order valence-electron chi connectivity index (χ3n) is 7.48. The molecule has 0 radical (unpaired) electrons. The number of nitrogens with zero attached hydrogens (tertiary/aromatic N) is 2. The molecule has 2 atom stereocenters. The topological polar surface area (TPSA) is 51.1 Å². The number of hydrogen-bond acceptors (Lipinski definition) is 8. The van der Waals surface area contributed by atoms with Crippen molar-refractivity contribution in [3.05, 3.63) is 60.2 Å². The van der Waals surface area contributed by atoms with E-state index in [1.807, 2.05) is 55.8 Å². The molecule has 2 aliphatic rings. The zero-order valence-corrected chi connectivity index (χ0v) is 25.8. The lowest BCUT2D eigenvalue weighted by Gasteiger charge is -2.45. The van der Waals surface area contributed by atoms with E-state index in [-0.39, 0.29) is 16.6 Å². The van der Waals surface area contributed by atoms with E-state index in [1.165, 1.54) is 35.9 Å². The fraction of sp³-hybridized carbons (Fsp3) is 0.387. The van der Waals surface area contributed by atoms with Gasteiger partial charge in [-0.05, 0) is 74.4 Å². The highest BCUT2D eigenvalue weighted by atomic mass is 32.2. The SMILES string of the molecule is CCCCSC=S.CSC(C)C(=O)Oc1ccc2ccc3c(c2c1)N=CC1(O3)N(C)c2ccccc2C1(C)C. The predicted octanol–water partition coefficient (Wildman–Crippen LogP) is 8.19. The maximum Gasteiger partial charge on any atom is 0.324 e. The predicted molar refractivity (Wildman–Crippen MR) is 173 cm³/mol. The zero-order chi connectivity index (χ0) is 28.2. The van der Waals surface area contributed by atoms with Gasteiger partial charge in [-0.1, -0.05) is 55.9 Å². The van der Waals surface area contributed by atoms with Gasteiger partial charge in [-0.25, -0.2) is 0 Å². The summed E-state index contributed by atoms with van der Waals surface area (Å²) in [6, 6.07) is 18.0. The molecule has 0 N–H and O–H groups in total. The first-order chi connectivity index (χ1) is 18.7. The maximum absolute atomic E-state index is 12.3. The van der Waals surface area contributed by atoms with E-state index in [0.717, 1.165) is 22.1 Å². The van der Waals surface area contributed by atoms with Crippen LogP contribution >= 0.6 is 35.7 Å². The number of carbonyl (C=O) groups excluding carboxylic acids is 1. The second-order valence-corrected chi connectivity index (χ2v) is 12.9. The molecule has 3 aromatic rings. The van der Waals surface area contributed by atoms with Crippen LogP contribution in [-0.2, 0) is 10.2 Å². The molecule has 5 rings (SSSR count). The lowest BCUT2D eigenvalue weighted by Crippen LogP contribution is -2.61. The van der Waals surface area contributed by atoms with Crippen molar-refractivity contribution in [3.63, 3.8) is 0 Å². The van der Waals surface area contributed by atoms with Crippen LogP contribution in [0, 0.1) is 0 Å². The van der Waals surface area contributed by atoms with Crippen molar-refractivity contribution < 1.29 is 14.3 Å². The Morgan fingerprint density at radius 2 is 1.95 bits per heavy atom. The molecular formula is C31H36N2O3S3. The molecule has 39 heavy (non-hydrogen) atoms. The molecule has 0 saturated heterocycles. The third-order valence-corrected chi connectivity index (χ3v) is 9.45. The molecule has 206 valence electrons. The number of anilines is 1. The van der Waals surface area contributed by atoms with Gasteiger partial charge >= 0.3 is 5.97 Å². The first-order valence-corrected chi connectivity index (χ1v) is 15.9. The molecule has 0 amide bonds. The molecule has 2 heterocycles. The summed E-state index contributed by atoms with van der Waals surface area (Å²) in [5.41, 5.74) is 2.10. The van der Waals surface area contributed by atoms with Crippen molar-refractivity contribution in [3.8, 4) is 11.5 Å². The third kappa shape index (κ3) is 5.56. The summed E-state index contributed by atoms with van der Waals surface area (Å²) in [5, 5.41) is 1.69. The van der Waals surface area contributed by atoms with Gasteiger partial charge in [-0.2, -0.15) is 11.8 Å². The Morgan fingerprint density at radius 1 is 1.21 bits per heavy atom. The summed E-state index contributed by atoms with van der Waals surface area (Å²) < 4.78 is 14.1. The van der Waals surface area contributed by atoms with Gasteiger partial charge in [0.25, 0.3) is 0 Å². The summed E-state index contributed by atoms with van der Waals surface area (Å²) in [6.07, 6.45) is 6.38. The van der Waals surface area contributed by atoms with Crippen LogP contribution in [0.2, 0.25) is 0 Å².